The maximum atomic E-state index is 3.63. The zero-order valence-electron chi connectivity index (χ0n) is 13.8. The van der Waals surface area contributed by atoms with Crippen LogP contribution in [0.2, 0.25) is 0 Å². The average Bonchev–Trinajstić information content (AvgIpc) is 2.32. The second-order valence-electron chi connectivity index (χ2n) is 6.66. The molecule has 0 aromatic heterocycles. The summed E-state index contributed by atoms with van der Waals surface area (Å²) >= 11 is 0. The van der Waals surface area contributed by atoms with Gasteiger partial charge in [-0.15, -0.1) is 0 Å². The Morgan fingerprint density at radius 3 is 2.00 bits per heavy atom. The van der Waals surface area contributed by atoms with E-state index in [9.17, 15) is 0 Å². The Hall–Kier alpha value is -0.0800. The fourth-order valence-electron chi connectivity index (χ4n) is 2.33. The van der Waals surface area contributed by atoms with Gasteiger partial charge in [0.05, 0.1) is 0 Å². The second-order valence-corrected chi connectivity index (χ2v) is 6.66. The van der Waals surface area contributed by atoms with Crippen molar-refractivity contribution in [2.45, 2.75) is 66.8 Å². The van der Waals surface area contributed by atoms with Crippen LogP contribution >= 0.6 is 0 Å². The summed E-state index contributed by atoms with van der Waals surface area (Å²) in [6.07, 6.45) is 3.82. The van der Waals surface area contributed by atoms with Gasteiger partial charge in [-0.05, 0) is 44.2 Å². The molecule has 0 rings (SSSR count). The second kappa shape index (κ2) is 8.92. The molecule has 1 N–H and O–H groups in total. The van der Waals surface area contributed by atoms with E-state index in [1.807, 2.05) is 0 Å². The highest BCUT2D eigenvalue weighted by molar-refractivity contribution is 4.83. The monoisotopic (exact) mass is 256 g/mol. The van der Waals surface area contributed by atoms with Gasteiger partial charge in [-0.1, -0.05) is 41.5 Å². The van der Waals surface area contributed by atoms with Gasteiger partial charge in [0.15, 0.2) is 0 Å². The van der Waals surface area contributed by atoms with E-state index in [0.717, 1.165) is 12.5 Å². The number of rotatable bonds is 10. The lowest BCUT2D eigenvalue weighted by molar-refractivity contribution is 0.148. The third kappa shape index (κ3) is 7.38. The van der Waals surface area contributed by atoms with Gasteiger partial charge in [0.25, 0.3) is 0 Å². The molecule has 0 saturated heterocycles. The summed E-state index contributed by atoms with van der Waals surface area (Å²) in [6.45, 7) is 17.3. The molecule has 0 unspecified atom stereocenters. The summed E-state index contributed by atoms with van der Waals surface area (Å²) in [5.41, 5.74) is 0.440. The molecule has 110 valence electrons. The summed E-state index contributed by atoms with van der Waals surface area (Å²) in [5.74, 6) is 0.805. The molecule has 0 aliphatic heterocycles. The molecule has 0 amide bonds. The van der Waals surface area contributed by atoms with Crippen molar-refractivity contribution in [1.29, 1.82) is 0 Å². The van der Waals surface area contributed by atoms with Gasteiger partial charge < -0.3 is 10.2 Å². The first-order valence-electron chi connectivity index (χ1n) is 7.77. The fraction of sp³-hybridized carbons (Fsp3) is 1.00. The normalized spacial score (nSPS) is 13.0. The lowest BCUT2D eigenvalue weighted by atomic mass is 9.81. The third-order valence-corrected chi connectivity index (χ3v) is 4.08. The van der Waals surface area contributed by atoms with E-state index < -0.39 is 0 Å². The van der Waals surface area contributed by atoms with Gasteiger partial charge in [-0.2, -0.15) is 0 Å². The molecule has 0 fully saturated rings. The van der Waals surface area contributed by atoms with E-state index in [1.54, 1.807) is 0 Å². The third-order valence-electron chi connectivity index (χ3n) is 4.08. The summed E-state index contributed by atoms with van der Waals surface area (Å²) in [7, 11) is 2.28. The summed E-state index contributed by atoms with van der Waals surface area (Å²) < 4.78 is 0. The van der Waals surface area contributed by atoms with Crippen LogP contribution in [0, 0.1) is 11.3 Å². The molecule has 18 heavy (non-hydrogen) atoms. The van der Waals surface area contributed by atoms with Crippen LogP contribution < -0.4 is 5.32 Å². The van der Waals surface area contributed by atoms with E-state index >= 15 is 0 Å². The molecule has 2 heteroatoms. The maximum Gasteiger partial charge on any atom is 0.00469 e. The van der Waals surface area contributed by atoms with Gasteiger partial charge in [0.1, 0.15) is 0 Å². The van der Waals surface area contributed by atoms with Gasteiger partial charge in [0, 0.05) is 19.1 Å². The number of hydrogen-bond acceptors (Lipinski definition) is 2. The van der Waals surface area contributed by atoms with Gasteiger partial charge in [-0.3, -0.25) is 0 Å². The van der Waals surface area contributed by atoms with Gasteiger partial charge in [-0.25, -0.2) is 0 Å². The highest BCUT2D eigenvalue weighted by Gasteiger charge is 2.27. The van der Waals surface area contributed by atoms with E-state index in [-0.39, 0.29) is 0 Å². The van der Waals surface area contributed by atoms with Crippen LogP contribution in [0.3, 0.4) is 0 Å². The molecule has 0 aromatic rings. The zero-order valence-corrected chi connectivity index (χ0v) is 13.8. The Kier molecular flexibility index (Phi) is 8.89. The van der Waals surface area contributed by atoms with E-state index in [1.165, 1.54) is 32.4 Å². The molecule has 2 nitrogen and oxygen atoms in total. The minimum atomic E-state index is 0.440. The van der Waals surface area contributed by atoms with Crippen molar-refractivity contribution in [3.05, 3.63) is 0 Å². The van der Waals surface area contributed by atoms with Crippen molar-refractivity contribution in [3.63, 3.8) is 0 Å². The summed E-state index contributed by atoms with van der Waals surface area (Å²) in [6, 6.07) is 0.587. The molecule has 0 saturated carbocycles. The molecule has 0 heterocycles. The van der Waals surface area contributed by atoms with Crippen molar-refractivity contribution in [2.24, 2.45) is 11.3 Å². The van der Waals surface area contributed by atoms with Gasteiger partial charge >= 0.3 is 0 Å². The maximum absolute atomic E-state index is 3.63. The van der Waals surface area contributed by atoms with Crippen LogP contribution in [-0.4, -0.2) is 37.6 Å². The van der Waals surface area contributed by atoms with Crippen LogP contribution in [0.15, 0.2) is 0 Å². The smallest absolute Gasteiger partial charge is 0.00469 e. The van der Waals surface area contributed by atoms with Crippen LogP contribution in [0.4, 0.5) is 0 Å². The Labute approximate surface area is 116 Å². The highest BCUT2D eigenvalue weighted by Crippen LogP contribution is 2.27. The Balaban J connectivity index is 4.30. The molecule has 0 bridgehead atoms. The SMILES string of the molecule is CCC(CC)(CNC(C)C)CN(C)CCC(C)C. The van der Waals surface area contributed by atoms with Gasteiger partial charge in [0.2, 0.25) is 0 Å². The molecule has 0 aromatic carbocycles. The lowest BCUT2D eigenvalue weighted by Crippen LogP contribution is -2.44. The average molecular weight is 256 g/mol. The topological polar surface area (TPSA) is 15.3 Å². The lowest BCUT2D eigenvalue weighted by Gasteiger charge is -2.37. The summed E-state index contributed by atoms with van der Waals surface area (Å²) in [4.78, 5) is 2.52. The van der Waals surface area contributed by atoms with Crippen molar-refractivity contribution in [2.75, 3.05) is 26.7 Å². The Bertz CT molecular complexity index is 195. The quantitative estimate of drug-likeness (QED) is 0.640. The zero-order chi connectivity index (χ0) is 14.2. The van der Waals surface area contributed by atoms with E-state index in [4.69, 9.17) is 0 Å². The first-order chi connectivity index (χ1) is 8.35. The predicted molar refractivity (Wildman–Crippen MR) is 83.1 cm³/mol. The molecule has 0 aliphatic carbocycles. The first kappa shape index (κ1) is 17.9. The van der Waals surface area contributed by atoms with E-state index in [0.29, 0.717) is 11.5 Å². The minimum Gasteiger partial charge on any atom is -0.314 e. The highest BCUT2D eigenvalue weighted by atomic mass is 15.1. The molecule has 0 radical (unpaired) electrons. The van der Waals surface area contributed by atoms with Crippen molar-refractivity contribution in [1.82, 2.24) is 10.2 Å². The summed E-state index contributed by atoms with van der Waals surface area (Å²) in [5, 5.41) is 3.63. The molecular formula is C16H36N2. The minimum absolute atomic E-state index is 0.440. The number of nitrogens with one attached hydrogen (secondary N) is 1. The van der Waals surface area contributed by atoms with E-state index in [2.05, 4.69) is 58.8 Å². The molecule has 0 atom stereocenters. The fourth-order valence-corrected chi connectivity index (χ4v) is 2.33. The van der Waals surface area contributed by atoms with Crippen LogP contribution in [0.5, 0.6) is 0 Å². The molecule has 0 aliphatic rings. The largest absolute Gasteiger partial charge is 0.314 e. The van der Waals surface area contributed by atoms with Crippen LogP contribution in [-0.2, 0) is 0 Å². The number of nitrogens with zero attached hydrogens (tertiary/aromatic N) is 1. The van der Waals surface area contributed by atoms with Crippen molar-refractivity contribution >= 4 is 0 Å². The first-order valence-corrected chi connectivity index (χ1v) is 7.77. The molecular weight excluding hydrogens is 220 g/mol. The van der Waals surface area contributed by atoms with Crippen LogP contribution in [0.25, 0.3) is 0 Å². The number of hydrogen-bond donors (Lipinski definition) is 1. The van der Waals surface area contributed by atoms with Crippen molar-refractivity contribution in [3.8, 4) is 0 Å². The Morgan fingerprint density at radius 1 is 1.06 bits per heavy atom. The standard InChI is InChI=1S/C16H36N2/c1-8-16(9-2,12-17-15(5)6)13-18(7)11-10-14(3)4/h14-15,17H,8-13H2,1-7H3. The van der Waals surface area contributed by atoms with Crippen LogP contribution in [0.1, 0.15) is 60.8 Å². The predicted octanol–water partition coefficient (Wildman–Crippen LogP) is 3.77. The van der Waals surface area contributed by atoms with Crippen molar-refractivity contribution < 1.29 is 0 Å². The molecule has 0 spiro atoms. The Morgan fingerprint density at radius 2 is 1.61 bits per heavy atom.